The van der Waals surface area contributed by atoms with Gasteiger partial charge in [-0.15, -0.1) is 0 Å². The molecule has 24 heavy (non-hydrogen) atoms. The number of benzene rings is 1. The SMILES string of the molecule is Cc1nn(C)c(Cl)c1CN[C@H](Cc1ccccc1)C(=O)NC1CC1. The van der Waals surface area contributed by atoms with E-state index in [1.807, 2.05) is 44.3 Å². The number of aryl methyl sites for hydroxylation is 2. The number of aromatic nitrogens is 2. The van der Waals surface area contributed by atoms with Gasteiger partial charge < -0.3 is 10.6 Å². The molecule has 0 bridgehead atoms. The molecule has 1 aliphatic carbocycles. The zero-order chi connectivity index (χ0) is 17.1. The highest BCUT2D eigenvalue weighted by atomic mass is 35.5. The maximum atomic E-state index is 12.6. The van der Waals surface area contributed by atoms with Crippen molar-refractivity contribution in [1.82, 2.24) is 20.4 Å². The molecule has 0 radical (unpaired) electrons. The number of hydrogen-bond donors (Lipinski definition) is 2. The summed E-state index contributed by atoms with van der Waals surface area (Å²) < 4.78 is 1.66. The van der Waals surface area contributed by atoms with E-state index in [9.17, 15) is 4.79 Å². The van der Waals surface area contributed by atoms with Gasteiger partial charge in [0.25, 0.3) is 0 Å². The van der Waals surface area contributed by atoms with Crippen LogP contribution < -0.4 is 10.6 Å². The van der Waals surface area contributed by atoms with Crippen LogP contribution in [0, 0.1) is 6.92 Å². The van der Waals surface area contributed by atoms with Crippen LogP contribution in [0.3, 0.4) is 0 Å². The molecular formula is C18H23ClN4O. The molecule has 2 N–H and O–H groups in total. The first-order valence-corrected chi connectivity index (χ1v) is 8.68. The Morgan fingerprint density at radius 2 is 2.08 bits per heavy atom. The summed E-state index contributed by atoms with van der Waals surface area (Å²) in [5.41, 5.74) is 2.96. The van der Waals surface area contributed by atoms with Gasteiger partial charge in [-0.25, -0.2) is 0 Å². The first-order valence-electron chi connectivity index (χ1n) is 8.30. The zero-order valence-electron chi connectivity index (χ0n) is 14.1. The van der Waals surface area contributed by atoms with Gasteiger partial charge in [0, 0.05) is 25.2 Å². The third-order valence-corrected chi connectivity index (χ3v) is 4.79. The van der Waals surface area contributed by atoms with Gasteiger partial charge in [-0.2, -0.15) is 5.10 Å². The molecule has 1 aromatic heterocycles. The largest absolute Gasteiger partial charge is 0.352 e. The average molecular weight is 347 g/mol. The van der Waals surface area contributed by atoms with Gasteiger partial charge in [-0.1, -0.05) is 41.9 Å². The van der Waals surface area contributed by atoms with Gasteiger partial charge in [0.15, 0.2) is 0 Å². The van der Waals surface area contributed by atoms with Gasteiger partial charge in [-0.3, -0.25) is 9.48 Å². The van der Waals surface area contributed by atoms with Crippen LogP contribution in [0.2, 0.25) is 5.15 Å². The molecule has 0 unspecified atom stereocenters. The molecule has 0 aliphatic heterocycles. The molecule has 3 rings (SSSR count). The lowest BCUT2D eigenvalue weighted by Gasteiger charge is -2.18. The third kappa shape index (κ3) is 4.16. The second-order valence-electron chi connectivity index (χ2n) is 6.38. The van der Waals surface area contributed by atoms with Crippen LogP contribution in [0.15, 0.2) is 30.3 Å². The summed E-state index contributed by atoms with van der Waals surface area (Å²) in [6.45, 7) is 2.45. The van der Waals surface area contributed by atoms with Crippen LogP contribution in [0.25, 0.3) is 0 Å². The van der Waals surface area contributed by atoms with E-state index < -0.39 is 0 Å². The van der Waals surface area contributed by atoms with Gasteiger partial charge >= 0.3 is 0 Å². The lowest BCUT2D eigenvalue weighted by atomic mass is 10.0. The Kier molecular flexibility index (Phi) is 5.21. The van der Waals surface area contributed by atoms with Crippen LogP contribution in [0.1, 0.15) is 29.7 Å². The number of nitrogens with zero attached hydrogens (tertiary/aromatic N) is 2. The highest BCUT2D eigenvalue weighted by molar-refractivity contribution is 6.30. The predicted molar refractivity (Wildman–Crippen MR) is 94.9 cm³/mol. The van der Waals surface area contributed by atoms with Gasteiger partial charge in [0.2, 0.25) is 5.91 Å². The topological polar surface area (TPSA) is 59.0 Å². The fraction of sp³-hybridized carbons (Fsp3) is 0.444. The highest BCUT2D eigenvalue weighted by Gasteiger charge is 2.27. The molecule has 5 nitrogen and oxygen atoms in total. The van der Waals surface area contributed by atoms with Crippen LogP contribution >= 0.6 is 11.6 Å². The summed E-state index contributed by atoms with van der Waals surface area (Å²) in [6.07, 6.45) is 2.81. The molecule has 2 aromatic rings. The number of carbonyl (C=O) groups excluding carboxylic acids is 1. The first kappa shape index (κ1) is 17.0. The van der Waals surface area contributed by atoms with Gasteiger partial charge in [0.05, 0.1) is 11.7 Å². The van der Waals surface area contributed by atoms with E-state index >= 15 is 0 Å². The monoisotopic (exact) mass is 346 g/mol. The van der Waals surface area contributed by atoms with Crippen molar-refractivity contribution in [2.75, 3.05) is 0 Å². The fourth-order valence-corrected chi connectivity index (χ4v) is 2.98. The van der Waals surface area contributed by atoms with Crippen molar-refractivity contribution in [2.24, 2.45) is 7.05 Å². The number of hydrogen-bond acceptors (Lipinski definition) is 3. The van der Waals surface area contributed by atoms with Crippen LogP contribution in [0.5, 0.6) is 0 Å². The second kappa shape index (κ2) is 7.36. The van der Waals surface area contributed by atoms with Gasteiger partial charge in [0.1, 0.15) is 5.15 Å². The molecule has 1 aliphatic rings. The summed E-state index contributed by atoms with van der Waals surface area (Å²) in [5.74, 6) is 0.0546. The molecule has 0 saturated heterocycles. The number of nitrogens with one attached hydrogen (secondary N) is 2. The molecule has 1 aromatic carbocycles. The van der Waals surface area contributed by atoms with E-state index in [2.05, 4.69) is 15.7 Å². The quantitative estimate of drug-likeness (QED) is 0.809. The average Bonchev–Trinajstić information content (AvgIpc) is 3.34. The van der Waals surface area contributed by atoms with Crippen molar-refractivity contribution in [3.8, 4) is 0 Å². The Morgan fingerprint density at radius 3 is 2.67 bits per heavy atom. The summed E-state index contributed by atoms with van der Waals surface area (Å²) in [4.78, 5) is 12.6. The van der Waals surface area contributed by atoms with Gasteiger partial charge in [-0.05, 0) is 31.7 Å². The van der Waals surface area contributed by atoms with Crippen molar-refractivity contribution >= 4 is 17.5 Å². The standard InChI is InChI=1S/C18H23ClN4O/c1-12-15(17(19)23(2)22-12)11-20-16(18(24)21-14-8-9-14)10-13-6-4-3-5-7-13/h3-7,14,16,20H,8-11H2,1-2H3,(H,21,24)/t16-/m1/s1. The number of carbonyl (C=O) groups is 1. The Morgan fingerprint density at radius 1 is 1.38 bits per heavy atom. The molecule has 1 saturated carbocycles. The summed E-state index contributed by atoms with van der Waals surface area (Å²) in [6, 6.07) is 10.1. The fourth-order valence-electron chi connectivity index (χ4n) is 2.74. The minimum absolute atomic E-state index is 0.0546. The highest BCUT2D eigenvalue weighted by Crippen LogP contribution is 2.20. The van der Waals surface area contributed by atoms with E-state index in [-0.39, 0.29) is 11.9 Å². The van der Waals surface area contributed by atoms with Crippen molar-refractivity contribution in [1.29, 1.82) is 0 Å². The van der Waals surface area contributed by atoms with Crippen molar-refractivity contribution in [3.05, 3.63) is 52.3 Å². The van der Waals surface area contributed by atoms with E-state index in [1.54, 1.807) is 4.68 Å². The van der Waals surface area contributed by atoms with E-state index in [1.165, 1.54) is 0 Å². The smallest absolute Gasteiger partial charge is 0.237 e. The maximum Gasteiger partial charge on any atom is 0.237 e. The molecule has 1 heterocycles. The third-order valence-electron chi connectivity index (χ3n) is 4.32. The van der Waals surface area contributed by atoms with Crippen LogP contribution in [-0.4, -0.2) is 27.8 Å². The second-order valence-corrected chi connectivity index (χ2v) is 6.74. The summed E-state index contributed by atoms with van der Waals surface area (Å²) in [5, 5.41) is 11.4. The first-order chi connectivity index (χ1) is 11.5. The van der Waals surface area contributed by atoms with E-state index in [4.69, 9.17) is 11.6 Å². The van der Waals surface area contributed by atoms with E-state index in [0.717, 1.165) is 29.7 Å². The van der Waals surface area contributed by atoms with E-state index in [0.29, 0.717) is 24.2 Å². The normalized spacial score (nSPS) is 15.3. The minimum atomic E-state index is -0.288. The molecule has 0 spiro atoms. The Hall–Kier alpha value is -1.85. The van der Waals surface area contributed by atoms with Crippen LogP contribution in [0.4, 0.5) is 0 Å². The number of amides is 1. The lowest BCUT2D eigenvalue weighted by Crippen LogP contribution is -2.46. The van der Waals surface area contributed by atoms with Crippen molar-refractivity contribution < 1.29 is 4.79 Å². The molecule has 1 amide bonds. The molecule has 1 atom stereocenters. The lowest BCUT2D eigenvalue weighted by molar-refractivity contribution is -0.123. The predicted octanol–water partition coefficient (Wildman–Crippen LogP) is 2.36. The zero-order valence-corrected chi connectivity index (χ0v) is 14.8. The van der Waals surface area contributed by atoms with Crippen LogP contribution in [-0.2, 0) is 24.8 Å². The molecular weight excluding hydrogens is 324 g/mol. The summed E-state index contributed by atoms with van der Waals surface area (Å²) in [7, 11) is 1.82. The number of halogens is 1. The molecule has 6 heteroatoms. The molecule has 1 fully saturated rings. The number of rotatable bonds is 7. The minimum Gasteiger partial charge on any atom is -0.352 e. The van der Waals surface area contributed by atoms with Crippen molar-refractivity contribution in [3.63, 3.8) is 0 Å². The Bertz CT molecular complexity index is 709. The Balaban J connectivity index is 1.70. The Labute approximate surface area is 147 Å². The summed E-state index contributed by atoms with van der Waals surface area (Å²) >= 11 is 6.29. The van der Waals surface area contributed by atoms with Crippen molar-refractivity contribution in [2.45, 2.75) is 44.8 Å². The maximum absolute atomic E-state index is 12.6. The molecule has 128 valence electrons.